The van der Waals surface area contributed by atoms with Crippen molar-refractivity contribution in [3.8, 4) is 0 Å². The van der Waals surface area contributed by atoms with Crippen LogP contribution in [0.4, 0.5) is 4.79 Å². The van der Waals surface area contributed by atoms with Crippen LogP contribution >= 0.6 is 0 Å². The Balaban J connectivity index is 1.41. The Morgan fingerprint density at radius 1 is 1.08 bits per heavy atom. The van der Waals surface area contributed by atoms with Crippen molar-refractivity contribution in [2.24, 2.45) is 0 Å². The van der Waals surface area contributed by atoms with Gasteiger partial charge in [-0.15, -0.1) is 0 Å². The van der Waals surface area contributed by atoms with Crippen LogP contribution in [0, 0.1) is 0 Å². The molecule has 0 aliphatic carbocycles. The van der Waals surface area contributed by atoms with E-state index < -0.39 is 0 Å². The molecule has 6 nitrogen and oxygen atoms in total. The molecule has 126 valence electrons. The largest absolute Gasteiger partial charge is 0.340 e. The number of imide groups is 1. The number of fused-ring (bicyclic) bond motifs is 1. The molecule has 0 N–H and O–H groups in total. The molecular weight excluding hydrogens is 306 g/mol. The number of amides is 4. The molecule has 4 rings (SSSR count). The number of carbonyl (C=O) groups is 3. The molecule has 3 fully saturated rings. The molecule has 1 unspecified atom stereocenters. The van der Waals surface area contributed by atoms with Crippen molar-refractivity contribution in [2.75, 3.05) is 19.6 Å². The molecule has 1 aromatic carbocycles. The summed E-state index contributed by atoms with van der Waals surface area (Å²) >= 11 is 0. The van der Waals surface area contributed by atoms with E-state index in [1.165, 1.54) is 4.90 Å². The van der Waals surface area contributed by atoms with Crippen molar-refractivity contribution in [2.45, 2.75) is 37.8 Å². The minimum atomic E-state index is -0.258. The van der Waals surface area contributed by atoms with Crippen molar-refractivity contribution in [1.82, 2.24) is 14.7 Å². The third-order valence-corrected chi connectivity index (χ3v) is 5.31. The molecule has 4 amide bonds. The molecule has 1 aromatic rings. The summed E-state index contributed by atoms with van der Waals surface area (Å²) in [5.74, 6) is -0.0110. The van der Waals surface area contributed by atoms with E-state index >= 15 is 0 Å². The molecule has 3 aliphatic heterocycles. The van der Waals surface area contributed by atoms with Gasteiger partial charge >= 0.3 is 6.03 Å². The number of likely N-dealkylation sites (tertiary alicyclic amines) is 1. The molecule has 0 aromatic heterocycles. The Hall–Kier alpha value is -2.37. The summed E-state index contributed by atoms with van der Waals surface area (Å²) in [7, 11) is 0. The molecule has 3 heterocycles. The van der Waals surface area contributed by atoms with Gasteiger partial charge in [-0.1, -0.05) is 30.3 Å². The summed E-state index contributed by atoms with van der Waals surface area (Å²) in [6, 6.07) is 9.05. The van der Waals surface area contributed by atoms with E-state index in [0.29, 0.717) is 32.5 Å². The van der Waals surface area contributed by atoms with Gasteiger partial charge in [-0.05, 0) is 24.8 Å². The number of nitrogens with zero attached hydrogens (tertiary/aromatic N) is 3. The van der Waals surface area contributed by atoms with Crippen molar-refractivity contribution >= 4 is 17.8 Å². The Labute approximate surface area is 141 Å². The van der Waals surface area contributed by atoms with Gasteiger partial charge in [0.05, 0.1) is 12.5 Å². The van der Waals surface area contributed by atoms with Gasteiger partial charge in [0.15, 0.2) is 0 Å². The predicted molar refractivity (Wildman–Crippen MR) is 87.1 cm³/mol. The van der Waals surface area contributed by atoms with Crippen molar-refractivity contribution in [3.05, 3.63) is 35.9 Å². The highest BCUT2D eigenvalue weighted by Gasteiger charge is 2.51. The lowest BCUT2D eigenvalue weighted by atomic mass is 10.1. The fourth-order valence-corrected chi connectivity index (χ4v) is 4.04. The summed E-state index contributed by atoms with van der Waals surface area (Å²) in [6.45, 7) is 1.75. The molecule has 0 spiro atoms. The number of rotatable bonds is 3. The Morgan fingerprint density at radius 3 is 2.62 bits per heavy atom. The van der Waals surface area contributed by atoms with Crippen LogP contribution in [0.5, 0.6) is 0 Å². The first kappa shape index (κ1) is 15.2. The monoisotopic (exact) mass is 327 g/mol. The van der Waals surface area contributed by atoms with E-state index in [1.807, 2.05) is 30.3 Å². The second-order valence-electron chi connectivity index (χ2n) is 6.79. The summed E-state index contributed by atoms with van der Waals surface area (Å²) in [5, 5.41) is 0. The third kappa shape index (κ3) is 2.46. The van der Waals surface area contributed by atoms with Gasteiger partial charge in [-0.25, -0.2) is 4.79 Å². The number of urea groups is 1. The van der Waals surface area contributed by atoms with Gasteiger partial charge in [-0.2, -0.15) is 0 Å². The quantitative estimate of drug-likeness (QED) is 0.785. The highest BCUT2D eigenvalue weighted by Crippen LogP contribution is 2.31. The summed E-state index contributed by atoms with van der Waals surface area (Å²) in [5.41, 5.74) is 0.986. The van der Waals surface area contributed by atoms with Crippen molar-refractivity contribution in [1.29, 1.82) is 0 Å². The van der Waals surface area contributed by atoms with Crippen molar-refractivity contribution < 1.29 is 14.4 Å². The van der Waals surface area contributed by atoms with E-state index in [2.05, 4.69) is 0 Å². The fourth-order valence-electron chi connectivity index (χ4n) is 4.04. The van der Waals surface area contributed by atoms with Gasteiger partial charge in [0.25, 0.3) is 5.91 Å². The van der Waals surface area contributed by atoms with Gasteiger partial charge in [0, 0.05) is 19.6 Å². The van der Waals surface area contributed by atoms with Crippen LogP contribution in [-0.2, 0) is 16.0 Å². The van der Waals surface area contributed by atoms with Crippen LogP contribution in [0.25, 0.3) is 0 Å². The van der Waals surface area contributed by atoms with Crippen LogP contribution in [0.3, 0.4) is 0 Å². The highest BCUT2D eigenvalue weighted by molar-refractivity contribution is 6.05. The number of benzene rings is 1. The van der Waals surface area contributed by atoms with Crippen LogP contribution in [0.2, 0.25) is 0 Å². The second kappa shape index (κ2) is 5.92. The lowest BCUT2D eigenvalue weighted by Crippen LogP contribution is -2.44. The summed E-state index contributed by atoms with van der Waals surface area (Å²) in [6.07, 6.45) is 2.72. The topological polar surface area (TPSA) is 60.9 Å². The number of hydrogen-bond donors (Lipinski definition) is 0. The van der Waals surface area contributed by atoms with Crippen LogP contribution in [0.15, 0.2) is 30.3 Å². The highest BCUT2D eigenvalue weighted by atomic mass is 16.2. The summed E-state index contributed by atoms with van der Waals surface area (Å²) < 4.78 is 0. The standard InChI is InChI=1S/C18H21N3O3/c22-16(11-13-5-2-1-3-6-13)19-10-8-14(12-19)21-17(23)15-7-4-9-20(15)18(21)24/h1-3,5-6,14-15H,4,7-12H2/t14?,15-/m1/s1. The smallest absolute Gasteiger partial charge is 0.327 e. The Bertz CT molecular complexity index is 653. The molecule has 3 aliphatic rings. The average Bonchev–Trinajstić information content (AvgIpc) is 3.28. The van der Waals surface area contributed by atoms with Crippen molar-refractivity contribution in [3.63, 3.8) is 0 Å². The third-order valence-electron chi connectivity index (χ3n) is 5.31. The van der Waals surface area contributed by atoms with E-state index in [-0.39, 0.29) is 29.9 Å². The first-order valence-corrected chi connectivity index (χ1v) is 8.60. The van der Waals surface area contributed by atoms with Gasteiger partial charge in [0.1, 0.15) is 6.04 Å². The number of hydrogen-bond acceptors (Lipinski definition) is 3. The molecule has 3 saturated heterocycles. The minimum absolute atomic E-state index is 0.0586. The molecular formula is C18H21N3O3. The zero-order valence-electron chi connectivity index (χ0n) is 13.6. The van der Waals surface area contributed by atoms with Gasteiger partial charge in [-0.3, -0.25) is 14.5 Å². The summed E-state index contributed by atoms with van der Waals surface area (Å²) in [4.78, 5) is 42.3. The fraction of sp³-hybridized carbons (Fsp3) is 0.500. The number of carbonyl (C=O) groups excluding carboxylic acids is 3. The Kier molecular flexibility index (Phi) is 3.75. The average molecular weight is 327 g/mol. The second-order valence-corrected chi connectivity index (χ2v) is 6.79. The maximum absolute atomic E-state index is 12.5. The minimum Gasteiger partial charge on any atom is -0.340 e. The zero-order valence-corrected chi connectivity index (χ0v) is 13.6. The lowest BCUT2D eigenvalue weighted by molar-refractivity contribution is -0.132. The molecule has 6 heteroatoms. The van der Waals surface area contributed by atoms with Gasteiger partial charge < -0.3 is 9.80 Å². The maximum atomic E-state index is 12.5. The zero-order chi connectivity index (χ0) is 16.7. The predicted octanol–water partition coefficient (Wildman–Crippen LogP) is 1.26. The normalized spacial score (nSPS) is 26.4. The van der Waals surface area contributed by atoms with Crippen LogP contribution < -0.4 is 0 Å². The molecule has 2 atom stereocenters. The SMILES string of the molecule is O=C(Cc1ccccc1)N1CCC(N2C(=O)[C@H]3CCCN3C2=O)C1. The molecule has 24 heavy (non-hydrogen) atoms. The first-order chi connectivity index (χ1) is 11.6. The van der Waals surface area contributed by atoms with E-state index in [1.54, 1.807) is 9.80 Å². The molecule has 0 bridgehead atoms. The molecule has 0 saturated carbocycles. The van der Waals surface area contributed by atoms with E-state index in [4.69, 9.17) is 0 Å². The Morgan fingerprint density at radius 2 is 1.88 bits per heavy atom. The van der Waals surface area contributed by atoms with Crippen LogP contribution in [-0.4, -0.2) is 64.3 Å². The molecule has 0 radical (unpaired) electrons. The van der Waals surface area contributed by atoms with E-state index in [9.17, 15) is 14.4 Å². The van der Waals surface area contributed by atoms with Gasteiger partial charge in [0.2, 0.25) is 5.91 Å². The van der Waals surface area contributed by atoms with E-state index in [0.717, 1.165) is 18.4 Å². The first-order valence-electron chi connectivity index (χ1n) is 8.60. The lowest BCUT2D eigenvalue weighted by Gasteiger charge is -2.23. The maximum Gasteiger partial charge on any atom is 0.327 e. The van der Waals surface area contributed by atoms with Crippen LogP contribution in [0.1, 0.15) is 24.8 Å².